The molecular formula is C23H20N2O5. The van der Waals surface area contributed by atoms with Crippen LogP contribution in [0.1, 0.15) is 29.5 Å². The molecule has 1 atom stereocenters. The molecule has 3 rings (SSSR count). The van der Waals surface area contributed by atoms with Crippen molar-refractivity contribution in [3.05, 3.63) is 88.3 Å². The summed E-state index contributed by atoms with van der Waals surface area (Å²) in [6.45, 7) is 1.82. The zero-order chi connectivity index (χ0) is 21.7. The van der Waals surface area contributed by atoms with E-state index < -0.39 is 17.9 Å². The fourth-order valence-electron chi connectivity index (χ4n) is 3.27. The molecule has 0 fully saturated rings. The Morgan fingerprint density at radius 3 is 2.30 bits per heavy atom. The first kappa shape index (κ1) is 20.7. The van der Waals surface area contributed by atoms with Crippen LogP contribution in [0.5, 0.6) is 0 Å². The average Bonchev–Trinajstić information content (AvgIpc) is 2.78. The third kappa shape index (κ3) is 3.89. The van der Waals surface area contributed by atoms with Crippen LogP contribution in [-0.4, -0.2) is 25.7 Å². The zero-order valence-electron chi connectivity index (χ0n) is 16.5. The highest BCUT2D eigenvalue weighted by Crippen LogP contribution is 2.43. The van der Waals surface area contributed by atoms with Crippen LogP contribution in [0, 0.1) is 11.3 Å². The van der Waals surface area contributed by atoms with E-state index in [-0.39, 0.29) is 29.4 Å². The largest absolute Gasteiger partial charge is 0.465 e. The summed E-state index contributed by atoms with van der Waals surface area (Å²) in [4.78, 5) is 25.6. The van der Waals surface area contributed by atoms with Crippen LogP contribution in [0.25, 0.3) is 5.76 Å². The van der Waals surface area contributed by atoms with Crippen LogP contribution in [-0.2, 0) is 23.8 Å². The third-order valence-corrected chi connectivity index (χ3v) is 4.61. The molecule has 152 valence electrons. The molecule has 1 unspecified atom stereocenters. The molecule has 0 spiro atoms. The van der Waals surface area contributed by atoms with Gasteiger partial charge in [0, 0.05) is 5.56 Å². The van der Waals surface area contributed by atoms with E-state index in [1.165, 1.54) is 7.11 Å². The molecule has 0 saturated carbocycles. The quantitative estimate of drug-likeness (QED) is 0.763. The molecule has 2 aromatic rings. The highest BCUT2D eigenvalue weighted by atomic mass is 16.5. The van der Waals surface area contributed by atoms with E-state index in [1.807, 2.05) is 12.1 Å². The van der Waals surface area contributed by atoms with E-state index in [9.17, 15) is 9.59 Å². The van der Waals surface area contributed by atoms with Gasteiger partial charge in [0.2, 0.25) is 5.88 Å². The molecule has 30 heavy (non-hydrogen) atoms. The highest BCUT2D eigenvalue weighted by Gasteiger charge is 2.41. The molecule has 0 saturated heterocycles. The summed E-state index contributed by atoms with van der Waals surface area (Å²) in [5, 5.41) is 9.10. The van der Waals surface area contributed by atoms with Crippen molar-refractivity contribution in [2.24, 2.45) is 5.73 Å². The van der Waals surface area contributed by atoms with E-state index in [1.54, 1.807) is 55.5 Å². The minimum Gasteiger partial charge on any atom is -0.465 e. The van der Waals surface area contributed by atoms with Crippen molar-refractivity contribution in [1.29, 1.82) is 5.26 Å². The molecule has 1 aliphatic heterocycles. The van der Waals surface area contributed by atoms with Gasteiger partial charge in [0.25, 0.3) is 0 Å². The predicted molar refractivity (Wildman–Crippen MR) is 108 cm³/mol. The van der Waals surface area contributed by atoms with Crippen molar-refractivity contribution < 1.29 is 23.8 Å². The standard InChI is InChI=1S/C23H20N2O5/c1-3-29-23(27)18-17(15-11-9-14(13-24)10-12-15)19(22(26)28-2)21(25)30-20(18)16-7-5-4-6-8-16/h4-12,17H,3,25H2,1-2H3. The van der Waals surface area contributed by atoms with E-state index in [2.05, 4.69) is 0 Å². The molecule has 0 radical (unpaired) electrons. The number of esters is 2. The minimum absolute atomic E-state index is 0.00931. The lowest BCUT2D eigenvalue weighted by molar-refractivity contribution is -0.139. The zero-order valence-corrected chi connectivity index (χ0v) is 16.5. The van der Waals surface area contributed by atoms with E-state index >= 15 is 0 Å². The maximum atomic E-state index is 13.0. The Bertz CT molecular complexity index is 1060. The van der Waals surface area contributed by atoms with Gasteiger partial charge in [-0.25, -0.2) is 9.59 Å². The SMILES string of the molecule is CCOC(=O)C1=C(c2ccccc2)OC(N)=C(C(=O)OC)C1c1ccc(C#N)cc1. The van der Waals surface area contributed by atoms with Gasteiger partial charge in [-0.3, -0.25) is 0 Å². The van der Waals surface area contributed by atoms with Crippen molar-refractivity contribution in [3.63, 3.8) is 0 Å². The number of benzene rings is 2. The second-order valence-electron chi connectivity index (χ2n) is 6.37. The molecule has 2 aromatic carbocycles. The number of carbonyl (C=O) groups is 2. The van der Waals surface area contributed by atoms with Gasteiger partial charge >= 0.3 is 11.9 Å². The van der Waals surface area contributed by atoms with Crippen molar-refractivity contribution in [3.8, 4) is 6.07 Å². The molecule has 0 aliphatic carbocycles. The summed E-state index contributed by atoms with van der Waals surface area (Å²) in [6, 6.07) is 17.5. The number of nitriles is 1. The van der Waals surface area contributed by atoms with Gasteiger partial charge in [-0.15, -0.1) is 0 Å². The molecule has 0 bridgehead atoms. The maximum Gasteiger partial charge on any atom is 0.340 e. The summed E-state index contributed by atoms with van der Waals surface area (Å²) in [6.07, 6.45) is 0. The van der Waals surface area contributed by atoms with Gasteiger partial charge in [0.05, 0.1) is 36.8 Å². The molecule has 0 amide bonds. The Morgan fingerprint density at radius 2 is 1.73 bits per heavy atom. The van der Waals surface area contributed by atoms with Gasteiger partial charge in [-0.05, 0) is 24.6 Å². The van der Waals surface area contributed by atoms with Gasteiger partial charge in [-0.2, -0.15) is 5.26 Å². The lowest BCUT2D eigenvalue weighted by Gasteiger charge is -2.29. The lowest BCUT2D eigenvalue weighted by Crippen LogP contribution is -2.30. The Labute approximate surface area is 174 Å². The molecule has 1 heterocycles. The monoisotopic (exact) mass is 404 g/mol. The molecular weight excluding hydrogens is 384 g/mol. The van der Waals surface area contributed by atoms with E-state index in [4.69, 9.17) is 25.2 Å². The summed E-state index contributed by atoms with van der Waals surface area (Å²) < 4.78 is 16.0. The number of hydrogen-bond donors (Lipinski definition) is 1. The Hall–Kier alpha value is -4.05. The van der Waals surface area contributed by atoms with Crippen LogP contribution in [0.3, 0.4) is 0 Å². The third-order valence-electron chi connectivity index (χ3n) is 4.61. The number of rotatable bonds is 5. The van der Waals surface area contributed by atoms with Crippen molar-refractivity contribution >= 4 is 17.7 Å². The van der Waals surface area contributed by atoms with Crippen LogP contribution in [0.4, 0.5) is 0 Å². The number of hydrogen-bond acceptors (Lipinski definition) is 7. The fraction of sp³-hybridized carbons (Fsp3) is 0.174. The second-order valence-corrected chi connectivity index (χ2v) is 6.37. The van der Waals surface area contributed by atoms with Gasteiger partial charge in [0.15, 0.2) is 0 Å². The Morgan fingerprint density at radius 1 is 1.07 bits per heavy atom. The normalized spacial score (nSPS) is 15.8. The summed E-state index contributed by atoms with van der Waals surface area (Å²) in [5.74, 6) is -2.22. The first-order chi connectivity index (χ1) is 14.5. The molecule has 7 heteroatoms. The van der Waals surface area contributed by atoms with Crippen LogP contribution in [0.15, 0.2) is 71.6 Å². The maximum absolute atomic E-state index is 13.0. The molecule has 7 nitrogen and oxygen atoms in total. The highest BCUT2D eigenvalue weighted by molar-refractivity contribution is 6.04. The number of carbonyl (C=O) groups excluding carboxylic acids is 2. The number of nitrogens with two attached hydrogens (primary N) is 1. The second kappa shape index (κ2) is 8.97. The van der Waals surface area contributed by atoms with Crippen LogP contribution in [0.2, 0.25) is 0 Å². The van der Waals surface area contributed by atoms with Crippen molar-refractivity contribution in [1.82, 2.24) is 0 Å². The first-order valence-electron chi connectivity index (χ1n) is 9.24. The number of ether oxygens (including phenoxy) is 3. The predicted octanol–water partition coefficient (Wildman–Crippen LogP) is 2.99. The first-order valence-corrected chi connectivity index (χ1v) is 9.24. The van der Waals surface area contributed by atoms with Gasteiger partial charge in [0.1, 0.15) is 11.3 Å². The molecule has 2 N–H and O–H groups in total. The summed E-state index contributed by atoms with van der Waals surface area (Å²) >= 11 is 0. The minimum atomic E-state index is -0.895. The van der Waals surface area contributed by atoms with Crippen molar-refractivity contribution in [2.75, 3.05) is 13.7 Å². The number of methoxy groups -OCH3 is 1. The van der Waals surface area contributed by atoms with Gasteiger partial charge in [-0.1, -0.05) is 42.5 Å². The van der Waals surface area contributed by atoms with E-state index in [0.717, 1.165) is 0 Å². The average molecular weight is 404 g/mol. The van der Waals surface area contributed by atoms with Crippen LogP contribution < -0.4 is 5.73 Å². The molecule has 1 aliphatic rings. The summed E-state index contributed by atoms with van der Waals surface area (Å²) in [7, 11) is 1.22. The smallest absolute Gasteiger partial charge is 0.340 e. The summed E-state index contributed by atoms with van der Waals surface area (Å²) in [5.41, 5.74) is 7.85. The topological polar surface area (TPSA) is 112 Å². The Kier molecular flexibility index (Phi) is 6.18. The molecule has 0 aromatic heterocycles. The number of nitrogens with zero attached hydrogens (tertiary/aromatic N) is 1. The van der Waals surface area contributed by atoms with Gasteiger partial charge < -0.3 is 19.9 Å². The fourth-order valence-corrected chi connectivity index (χ4v) is 3.27. The van der Waals surface area contributed by atoms with E-state index in [0.29, 0.717) is 16.7 Å². The van der Waals surface area contributed by atoms with Crippen LogP contribution >= 0.6 is 0 Å². The Balaban J connectivity index is 2.29. The lowest BCUT2D eigenvalue weighted by atomic mass is 9.81. The van der Waals surface area contributed by atoms with Crippen molar-refractivity contribution in [2.45, 2.75) is 12.8 Å².